The fourth-order valence-electron chi connectivity index (χ4n) is 4.19. The van der Waals surface area contributed by atoms with Gasteiger partial charge in [-0.15, -0.1) is 5.10 Å². The Bertz CT molecular complexity index is 1790. The minimum Gasteiger partial charge on any atom is -0.431 e. The largest absolute Gasteiger partial charge is 0.431 e. The van der Waals surface area contributed by atoms with Crippen LogP contribution < -0.4 is 0 Å². The maximum absolute atomic E-state index is 5.81. The van der Waals surface area contributed by atoms with Gasteiger partial charge in [-0.05, 0) is 43.7 Å². The molecular weight excluding hydrogens is 466 g/mol. The number of aromatic nitrogens is 7. The molecule has 0 fully saturated rings. The molecule has 34 heavy (non-hydrogen) atoms. The highest BCUT2D eigenvalue weighted by molar-refractivity contribution is 7.98. The van der Waals surface area contributed by atoms with Crippen molar-refractivity contribution in [3.05, 3.63) is 71.9 Å². The van der Waals surface area contributed by atoms with Crippen LogP contribution in [-0.4, -0.2) is 34.1 Å². The molecule has 0 aliphatic carbocycles. The van der Waals surface area contributed by atoms with Crippen LogP contribution in [0.5, 0.6) is 0 Å². The van der Waals surface area contributed by atoms with Crippen molar-refractivity contribution in [2.75, 3.05) is 0 Å². The monoisotopic (exact) mass is 483 g/mol. The summed E-state index contributed by atoms with van der Waals surface area (Å²) in [5, 5.41) is 7.15. The average Bonchev–Trinajstić information content (AvgIpc) is 3.60. The van der Waals surface area contributed by atoms with Gasteiger partial charge in [0.15, 0.2) is 27.8 Å². The van der Waals surface area contributed by atoms with E-state index < -0.39 is 0 Å². The second-order valence-electron chi connectivity index (χ2n) is 7.99. The van der Waals surface area contributed by atoms with Gasteiger partial charge in [0.1, 0.15) is 11.8 Å². The van der Waals surface area contributed by atoms with Crippen LogP contribution in [0.15, 0.2) is 64.5 Å². The Kier molecular flexibility index (Phi) is 4.27. The number of rotatable bonds is 4. The van der Waals surface area contributed by atoms with E-state index in [0.717, 1.165) is 54.4 Å². The molecule has 10 heteroatoms. The SMILES string of the molecule is Cc1c(C)n(-c2nc3ccccc3s2)c2ncn3nc(CSc4nc5ccccc5o4)nc3c12. The fourth-order valence-corrected chi connectivity index (χ4v) is 5.90. The van der Waals surface area contributed by atoms with Gasteiger partial charge in [-0.25, -0.2) is 24.5 Å². The van der Waals surface area contributed by atoms with Crippen LogP contribution in [0.4, 0.5) is 0 Å². The van der Waals surface area contributed by atoms with Crippen molar-refractivity contribution in [2.24, 2.45) is 0 Å². The molecule has 0 saturated heterocycles. The number of nitrogens with zero attached hydrogens (tertiary/aromatic N) is 7. The number of thiazole rings is 1. The van der Waals surface area contributed by atoms with Crippen molar-refractivity contribution in [1.29, 1.82) is 0 Å². The minimum absolute atomic E-state index is 0.548. The molecule has 7 rings (SSSR count). The summed E-state index contributed by atoms with van der Waals surface area (Å²) in [6.45, 7) is 4.20. The van der Waals surface area contributed by atoms with E-state index in [-0.39, 0.29) is 0 Å². The van der Waals surface area contributed by atoms with Gasteiger partial charge >= 0.3 is 0 Å². The molecule has 0 aliphatic heterocycles. The molecule has 2 aromatic carbocycles. The van der Waals surface area contributed by atoms with Crippen molar-refractivity contribution in [2.45, 2.75) is 24.8 Å². The third kappa shape index (κ3) is 2.95. The van der Waals surface area contributed by atoms with Gasteiger partial charge in [0, 0.05) is 5.69 Å². The fraction of sp³-hybridized carbons (Fsp3) is 0.125. The molecule has 0 unspecified atom stereocenters. The Balaban J connectivity index is 1.30. The van der Waals surface area contributed by atoms with Crippen LogP contribution in [0.3, 0.4) is 0 Å². The summed E-state index contributed by atoms with van der Waals surface area (Å²) in [7, 11) is 0. The number of benzene rings is 2. The highest BCUT2D eigenvalue weighted by Crippen LogP contribution is 2.33. The number of para-hydroxylation sites is 3. The Morgan fingerprint density at radius 3 is 2.62 bits per heavy atom. The zero-order valence-corrected chi connectivity index (χ0v) is 19.9. The quantitative estimate of drug-likeness (QED) is 0.296. The first-order valence-corrected chi connectivity index (χ1v) is 12.5. The van der Waals surface area contributed by atoms with Crippen molar-refractivity contribution in [3.63, 3.8) is 0 Å². The molecule has 0 N–H and O–H groups in total. The van der Waals surface area contributed by atoms with Crippen LogP contribution in [0.1, 0.15) is 17.1 Å². The third-order valence-electron chi connectivity index (χ3n) is 5.95. The van der Waals surface area contributed by atoms with Crippen LogP contribution in [0.2, 0.25) is 0 Å². The van der Waals surface area contributed by atoms with Gasteiger partial charge in [-0.2, -0.15) is 0 Å². The molecule has 0 amide bonds. The number of oxazole rings is 1. The summed E-state index contributed by atoms with van der Waals surface area (Å²) in [4.78, 5) is 19.0. The molecule has 8 nitrogen and oxygen atoms in total. The van der Waals surface area contributed by atoms with Gasteiger partial charge in [0.2, 0.25) is 0 Å². The first-order chi connectivity index (χ1) is 16.7. The molecule has 0 radical (unpaired) electrons. The maximum Gasteiger partial charge on any atom is 0.257 e. The van der Waals surface area contributed by atoms with Crippen molar-refractivity contribution in [3.8, 4) is 5.13 Å². The molecule has 0 aliphatic rings. The normalized spacial score (nSPS) is 12.1. The predicted molar refractivity (Wildman–Crippen MR) is 134 cm³/mol. The lowest BCUT2D eigenvalue weighted by Crippen LogP contribution is -1.98. The Morgan fingerprint density at radius 2 is 1.76 bits per heavy atom. The van der Waals surface area contributed by atoms with E-state index >= 15 is 0 Å². The first kappa shape index (κ1) is 19.7. The zero-order chi connectivity index (χ0) is 22.8. The summed E-state index contributed by atoms with van der Waals surface area (Å²) in [5.74, 6) is 1.25. The maximum atomic E-state index is 5.81. The molecule has 5 heterocycles. The summed E-state index contributed by atoms with van der Waals surface area (Å²) in [6, 6.07) is 15.9. The highest BCUT2D eigenvalue weighted by Gasteiger charge is 2.21. The number of hydrogen-bond acceptors (Lipinski definition) is 8. The second kappa shape index (κ2) is 7.37. The lowest BCUT2D eigenvalue weighted by atomic mass is 10.2. The number of aryl methyl sites for hydroxylation is 1. The van der Waals surface area contributed by atoms with E-state index in [1.165, 1.54) is 11.8 Å². The van der Waals surface area contributed by atoms with Crippen LogP contribution >= 0.6 is 23.1 Å². The van der Waals surface area contributed by atoms with Gasteiger partial charge in [0.05, 0.1) is 21.4 Å². The summed E-state index contributed by atoms with van der Waals surface area (Å²) >= 11 is 3.14. The van der Waals surface area contributed by atoms with E-state index in [0.29, 0.717) is 16.8 Å². The molecule has 7 aromatic rings. The Morgan fingerprint density at radius 1 is 0.941 bits per heavy atom. The molecule has 0 bridgehead atoms. The third-order valence-corrected chi connectivity index (χ3v) is 7.80. The van der Waals surface area contributed by atoms with Crippen molar-refractivity contribution >= 4 is 61.1 Å². The average molecular weight is 484 g/mol. The molecule has 166 valence electrons. The minimum atomic E-state index is 0.548. The van der Waals surface area contributed by atoms with Crippen LogP contribution in [-0.2, 0) is 5.75 Å². The van der Waals surface area contributed by atoms with E-state index in [9.17, 15) is 0 Å². The lowest BCUT2D eigenvalue weighted by Gasteiger charge is -2.02. The van der Waals surface area contributed by atoms with Gasteiger partial charge in [0.25, 0.3) is 5.22 Å². The molecule has 0 saturated carbocycles. The van der Waals surface area contributed by atoms with E-state index in [2.05, 4.69) is 34.6 Å². The van der Waals surface area contributed by atoms with Gasteiger partial charge in [-0.1, -0.05) is 47.4 Å². The summed E-state index contributed by atoms with van der Waals surface area (Å²) in [5.41, 5.74) is 6.47. The molecule has 0 spiro atoms. The van der Waals surface area contributed by atoms with E-state index in [4.69, 9.17) is 19.4 Å². The number of fused-ring (bicyclic) bond motifs is 5. The number of hydrogen-bond donors (Lipinski definition) is 0. The van der Waals surface area contributed by atoms with E-state index in [1.54, 1.807) is 22.2 Å². The topological polar surface area (TPSA) is 86.9 Å². The van der Waals surface area contributed by atoms with Crippen molar-refractivity contribution in [1.82, 2.24) is 34.1 Å². The lowest BCUT2D eigenvalue weighted by molar-refractivity contribution is 0.489. The van der Waals surface area contributed by atoms with Gasteiger partial charge in [-0.3, -0.25) is 4.57 Å². The zero-order valence-electron chi connectivity index (χ0n) is 18.3. The Labute approximate surface area is 201 Å². The standard InChI is InChI=1S/C24H17N7OS2/c1-13-14(2)31(23-26-16-8-4-6-10-18(16)34-23)21-20(13)22-28-19(29-30(22)12-25-21)11-33-24-27-15-7-3-5-9-17(15)32-24/h3-10,12H,11H2,1-2H3. The van der Waals surface area contributed by atoms with Crippen LogP contribution in [0, 0.1) is 13.8 Å². The summed E-state index contributed by atoms with van der Waals surface area (Å²) in [6.07, 6.45) is 1.72. The smallest absolute Gasteiger partial charge is 0.257 e. The molecule has 0 atom stereocenters. The van der Waals surface area contributed by atoms with Crippen molar-refractivity contribution < 1.29 is 4.42 Å². The highest BCUT2D eigenvalue weighted by atomic mass is 32.2. The van der Waals surface area contributed by atoms with Crippen LogP contribution in [0.25, 0.3) is 43.1 Å². The Hall–Kier alpha value is -3.76. The first-order valence-electron chi connectivity index (χ1n) is 10.7. The van der Waals surface area contributed by atoms with E-state index in [1.807, 2.05) is 42.5 Å². The molecular formula is C24H17N7OS2. The number of thioether (sulfide) groups is 1. The predicted octanol–water partition coefficient (Wildman–Crippen LogP) is 5.73. The summed E-state index contributed by atoms with van der Waals surface area (Å²) < 4.78 is 10.8. The molecule has 5 aromatic heterocycles. The second-order valence-corrected chi connectivity index (χ2v) is 9.92. The van der Waals surface area contributed by atoms with Gasteiger partial charge < -0.3 is 4.42 Å².